The third-order valence-electron chi connectivity index (χ3n) is 10.8. The van der Waals surface area contributed by atoms with E-state index in [1.54, 1.807) is 18.3 Å². The summed E-state index contributed by atoms with van der Waals surface area (Å²) < 4.78 is 0. The Kier molecular flexibility index (Phi) is 10.3. The Bertz CT molecular complexity index is 1840. The summed E-state index contributed by atoms with van der Waals surface area (Å²) in [7, 11) is 0. The second-order valence-electron chi connectivity index (χ2n) is 13.9. The van der Waals surface area contributed by atoms with E-state index in [4.69, 9.17) is 0 Å². The lowest BCUT2D eigenvalue weighted by atomic mass is 9.72. The number of phenols is 1. The van der Waals surface area contributed by atoms with Crippen LogP contribution in [0.1, 0.15) is 55.6 Å². The quantitative estimate of drug-likeness (QED) is 0.176. The molecule has 0 saturated carbocycles. The summed E-state index contributed by atoms with van der Waals surface area (Å²) in [5, 5.41) is 27.8. The highest BCUT2D eigenvalue weighted by atomic mass is 16.3. The van der Waals surface area contributed by atoms with E-state index >= 15 is 0 Å². The summed E-state index contributed by atoms with van der Waals surface area (Å²) in [5.74, 6) is 0.240. The number of phenolic OH excluding ortho intramolecular Hbond substituents is 1. The highest BCUT2D eigenvalue weighted by molar-refractivity contribution is 6.01. The van der Waals surface area contributed by atoms with Crippen LogP contribution < -0.4 is 20.9 Å². The molecule has 0 radical (unpaired) electrons. The molecule has 1 aromatic heterocycles. The fourth-order valence-corrected chi connectivity index (χ4v) is 7.77. The van der Waals surface area contributed by atoms with Crippen molar-refractivity contribution in [2.24, 2.45) is 0 Å². The molecular weight excluding hydrogens is 642 g/mol. The molecular formula is C40H45N7O4. The number of piperidine rings is 3. The standard InChI is InChI=1S/C40H45N7O4/c48-36-9-5-4-8-33(36)35-26-32(27-42-45-35)47-23-18-40(19-24-47,30-6-2-1-3-7-30)39(51)41-20-25-46-21-16-29(17-22-46)28-10-12-31(13-11-28)43-34-14-15-37(49)44-38(34)50/h1-13,26-27,29,34,43,48H,14-25H2,(H,41,51)(H,44,49,50)/t34-/m0/s1. The highest BCUT2D eigenvalue weighted by Gasteiger charge is 2.43. The van der Waals surface area contributed by atoms with Gasteiger partial charge in [0.05, 0.1) is 23.0 Å². The minimum absolute atomic E-state index is 0.0805. The molecule has 0 spiro atoms. The number of hydrogen-bond donors (Lipinski definition) is 4. The zero-order valence-electron chi connectivity index (χ0n) is 28.8. The van der Waals surface area contributed by atoms with Crippen molar-refractivity contribution in [2.45, 2.75) is 55.9 Å². The predicted octanol–water partition coefficient (Wildman–Crippen LogP) is 4.60. The first-order chi connectivity index (χ1) is 24.9. The van der Waals surface area contributed by atoms with Crippen LogP contribution in [0.2, 0.25) is 0 Å². The Labute approximate surface area is 298 Å². The summed E-state index contributed by atoms with van der Waals surface area (Å²) in [6.07, 6.45) is 6.05. The molecule has 3 saturated heterocycles. The van der Waals surface area contributed by atoms with Gasteiger partial charge < -0.3 is 25.5 Å². The summed E-state index contributed by atoms with van der Waals surface area (Å²) in [6, 6.07) is 27.2. The van der Waals surface area contributed by atoms with E-state index in [1.165, 1.54) is 5.56 Å². The molecule has 3 aliphatic heterocycles. The maximum Gasteiger partial charge on any atom is 0.249 e. The number of nitrogens with zero attached hydrogens (tertiary/aromatic N) is 4. The zero-order chi connectivity index (χ0) is 35.2. The number of carbonyl (C=O) groups is 3. The molecule has 3 amide bonds. The molecule has 4 N–H and O–H groups in total. The lowest BCUT2D eigenvalue weighted by Crippen LogP contribution is -2.53. The second kappa shape index (κ2) is 15.3. The molecule has 1 atom stereocenters. The second-order valence-corrected chi connectivity index (χ2v) is 13.9. The monoisotopic (exact) mass is 687 g/mol. The van der Waals surface area contributed by atoms with E-state index in [-0.39, 0.29) is 29.5 Å². The number of carbonyl (C=O) groups excluding carboxylic acids is 3. The van der Waals surface area contributed by atoms with Gasteiger partial charge >= 0.3 is 0 Å². The smallest absolute Gasteiger partial charge is 0.249 e. The van der Waals surface area contributed by atoms with E-state index < -0.39 is 5.41 Å². The summed E-state index contributed by atoms with van der Waals surface area (Å²) >= 11 is 0. The van der Waals surface area contributed by atoms with Crippen LogP contribution in [0.5, 0.6) is 5.75 Å². The predicted molar refractivity (Wildman–Crippen MR) is 196 cm³/mol. The van der Waals surface area contributed by atoms with Gasteiger partial charge in [-0.1, -0.05) is 54.6 Å². The van der Waals surface area contributed by atoms with E-state index in [0.717, 1.165) is 49.4 Å². The average molecular weight is 688 g/mol. The van der Waals surface area contributed by atoms with Gasteiger partial charge in [-0.05, 0) is 92.6 Å². The summed E-state index contributed by atoms with van der Waals surface area (Å²) in [4.78, 5) is 42.3. The fraction of sp³-hybridized carbons (Fsp3) is 0.375. The van der Waals surface area contributed by atoms with Gasteiger partial charge in [0, 0.05) is 43.9 Å². The van der Waals surface area contributed by atoms with Gasteiger partial charge in [0.15, 0.2) is 0 Å². The first-order valence-corrected chi connectivity index (χ1v) is 18.0. The average Bonchev–Trinajstić information content (AvgIpc) is 3.17. The van der Waals surface area contributed by atoms with Gasteiger partial charge in [0.2, 0.25) is 17.7 Å². The van der Waals surface area contributed by atoms with Crippen molar-refractivity contribution in [2.75, 3.05) is 49.5 Å². The number of benzene rings is 3. The molecule has 0 unspecified atom stereocenters. The topological polar surface area (TPSA) is 140 Å². The van der Waals surface area contributed by atoms with Crippen molar-refractivity contribution < 1.29 is 19.5 Å². The highest BCUT2D eigenvalue weighted by Crippen LogP contribution is 2.38. The normalized spacial score (nSPS) is 19.7. The first kappa shape index (κ1) is 34.2. The zero-order valence-corrected chi connectivity index (χ0v) is 28.8. The number of nitrogens with one attached hydrogen (secondary N) is 3. The third kappa shape index (κ3) is 7.73. The minimum atomic E-state index is -0.620. The maximum absolute atomic E-state index is 14.1. The Morgan fingerprint density at radius 3 is 2.35 bits per heavy atom. The van der Waals surface area contributed by atoms with Crippen LogP contribution in [0, 0.1) is 0 Å². The SMILES string of the molecule is O=C1CC[C@H](Nc2ccc(C3CCN(CCNC(=O)C4(c5ccccc5)CCN(c5cnnc(-c6ccccc6O)c5)CC4)CC3)cc2)C(=O)N1. The third-order valence-corrected chi connectivity index (χ3v) is 10.8. The molecule has 4 aromatic rings. The number of aromatic hydroxyl groups is 1. The number of rotatable bonds is 10. The molecule has 3 aliphatic rings. The molecule has 11 heteroatoms. The van der Waals surface area contributed by atoms with Gasteiger partial charge in [0.25, 0.3) is 0 Å². The van der Waals surface area contributed by atoms with Crippen LogP contribution in [0.4, 0.5) is 11.4 Å². The molecule has 3 fully saturated rings. The Morgan fingerprint density at radius 2 is 1.63 bits per heavy atom. The molecule has 264 valence electrons. The van der Waals surface area contributed by atoms with Gasteiger partial charge in [0.1, 0.15) is 11.8 Å². The maximum atomic E-state index is 14.1. The van der Waals surface area contributed by atoms with Crippen molar-refractivity contribution in [3.05, 3.63) is 102 Å². The molecule has 11 nitrogen and oxygen atoms in total. The summed E-state index contributed by atoms with van der Waals surface area (Å²) in [6.45, 7) is 4.73. The van der Waals surface area contributed by atoms with Crippen LogP contribution >= 0.6 is 0 Å². The van der Waals surface area contributed by atoms with Crippen LogP contribution in [0.3, 0.4) is 0 Å². The van der Waals surface area contributed by atoms with E-state index in [1.807, 2.05) is 48.5 Å². The Hall–Kier alpha value is -5.29. The van der Waals surface area contributed by atoms with Crippen molar-refractivity contribution in [1.82, 2.24) is 25.7 Å². The number of hydrogen-bond acceptors (Lipinski definition) is 9. The van der Waals surface area contributed by atoms with Crippen LogP contribution in [-0.4, -0.2) is 83.2 Å². The number of likely N-dealkylation sites (tertiary alicyclic amines) is 1. The van der Waals surface area contributed by atoms with Gasteiger partial charge in [-0.25, -0.2) is 0 Å². The number of anilines is 2. The molecule has 51 heavy (non-hydrogen) atoms. The molecule has 0 aliphatic carbocycles. The van der Waals surface area contributed by atoms with Gasteiger partial charge in [-0.2, -0.15) is 10.2 Å². The van der Waals surface area contributed by atoms with Crippen molar-refractivity contribution >= 4 is 29.1 Å². The van der Waals surface area contributed by atoms with E-state index in [9.17, 15) is 19.5 Å². The number of amides is 3. The summed E-state index contributed by atoms with van der Waals surface area (Å²) in [5.41, 5.74) is 4.78. The van der Waals surface area contributed by atoms with Crippen LogP contribution in [0.15, 0.2) is 91.1 Å². The van der Waals surface area contributed by atoms with Crippen LogP contribution in [0.25, 0.3) is 11.3 Å². The van der Waals surface area contributed by atoms with Gasteiger partial charge in [-0.15, -0.1) is 0 Å². The van der Waals surface area contributed by atoms with Crippen molar-refractivity contribution in [3.63, 3.8) is 0 Å². The Balaban J connectivity index is 0.912. The van der Waals surface area contributed by atoms with Gasteiger partial charge in [-0.3, -0.25) is 19.7 Å². The number of aromatic nitrogens is 2. The van der Waals surface area contributed by atoms with Crippen molar-refractivity contribution in [3.8, 4) is 17.0 Å². The molecule has 3 aromatic carbocycles. The Morgan fingerprint density at radius 1 is 0.902 bits per heavy atom. The minimum Gasteiger partial charge on any atom is -0.507 e. The molecule has 4 heterocycles. The molecule has 7 rings (SSSR count). The van der Waals surface area contributed by atoms with E-state index in [0.29, 0.717) is 62.5 Å². The lowest BCUT2D eigenvalue weighted by molar-refractivity contribution is -0.133. The fourth-order valence-electron chi connectivity index (χ4n) is 7.77. The van der Waals surface area contributed by atoms with Crippen molar-refractivity contribution in [1.29, 1.82) is 0 Å². The number of imide groups is 1. The largest absolute Gasteiger partial charge is 0.507 e. The van der Waals surface area contributed by atoms with Crippen LogP contribution in [-0.2, 0) is 19.8 Å². The number of para-hydroxylation sites is 1. The lowest BCUT2D eigenvalue weighted by Gasteiger charge is -2.42. The molecule has 0 bridgehead atoms. The first-order valence-electron chi connectivity index (χ1n) is 18.0. The van der Waals surface area contributed by atoms with E-state index in [2.05, 4.69) is 60.2 Å².